The normalized spacial score (nSPS) is 16.8. The summed E-state index contributed by atoms with van der Waals surface area (Å²) in [7, 11) is -3.59. The van der Waals surface area contributed by atoms with Crippen molar-refractivity contribution in [2.45, 2.75) is 25.2 Å². The lowest BCUT2D eigenvalue weighted by molar-refractivity contribution is -0.146. The van der Waals surface area contributed by atoms with E-state index in [-0.39, 0.29) is 17.1 Å². The lowest BCUT2D eigenvalue weighted by Crippen LogP contribution is -2.23. The number of phenolic OH excluding ortho intramolecular Hbond substituents is 1. The van der Waals surface area contributed by atoms with Crippen LogP contribution in [-0.4, -0.2) is 24.6 Å². The summed E-state index contributed by atoms with van der Waals surface area (Å²) in [6.45, 7) is 3.09. The standard InChI is InChI=1S/C13H14O5S/c1-13(2,12(15)16)6-8-7-19(17,18)11-5-9(14)3-4-10(8)11/h3-5,7,14H,6H2,1-2H3,(H,15,16). The van der Waals surface area contributed by atoms with E-state index in [1.54, 1.807) is 13.8 Å². The Hall–Kier alpha value is -1.82. The number of carboxylic acid groups (broad SMARTS) is 1. The van der Waals surface area contributed by atoms with Gasteiger partial charge in [-0.3, -0.25) is 4.79 Å². The maximum absolute atomic E-state index is 11.9. The van der Waals surface area contributed by atoms with E-state index in [2.05, 4.69) is 0 Å². The first kappa shape index (κ1) is 13.6. The van der Waals surface area contributed by atoms with Crippen LogP contribution in [0.25, 0.3) is 5.57 Å². The van der Waals surface area contributed by atoms with Crippen molar-refractivity contribution in [3.63, 3.8) is 0 Å². The smallest absolute Gasteiger partial charge is 0.309 e. The molecular weight excluding hydrogens is 268 g/mol. The molecule has 2 N–H and O–H groups in total. The molecule has 102 valence electrons. The van der Waals surface area contributed by atoms with Crippen LogP contribution in [0.2, 0.25) is 0 Å². The van der Waals surface area contributed by atoms with Gasteiger partial charge >= 0.3 is 5.97 Å². The van der Waals surface area contributed by atoms with Crippen molar-refractivity contribution in [3.8, 4) is 5.75 Å². The van der Waals surface area contributed by atoms with Gasteiger partial charge in [0.1, 0.15) is 5.75 Å². The highest BCUT2D eigenvalue weighted by molar-refractivity contribution is 7.95. The SMILES string of the molecule is CC(C)(CC1=CS(=O)(=O)c2cc(O)ccc21)C(=O)O. The zero-order chi connectivity index (χ0) is 14.4. The van der Waals surface area contributed by atoms with Crippen molar-refractivity contribution < 1.29 is 23.4 Å². The van der Waals surface area contributed by atoms with E-state index >= 15 is 0 Å². The Labute approximate surface area is 111 Å². The second-order valence-corrected chi connectivity index (χ2v) is 7.00. The van der Waals surface area contributed by atoms with E-state index in [0.29, 0.717) is 11.1 Å². The molecule has 1 aromatic rings. The molecule has 0 amide bonds. The Kier molecular flexibility index (Phi) is 2.93. The zero-order valence-electron chi connectivity index (χ0n) is 10.5. The molecule has 0 spiro atoms. The first-order valence-corrected chi connectivity index (χ1v) is 7.20. The fraction of sp³-hybridized carbons (Fsp3) is 0.308. The van der Waals surface area contributed by atoms with Crippen molar-refractivity contribution in [1.82, 2.24) is 0 Å². The number of carboxylic acids is 1. The van der Waals surface area contributed by atoms with Gasteiger partial charge in [-0.15, -0.1) is 0 Å². The van der Waals surface area contributed by atoms with Gasteiger partial charge < -0.3 is 10.2 Å². The largest absolute Gasteiger partial charge is 0.508 e. The van der Waals surface area contributed by atoms with Crippen LogP contribution in [0.4, 0.5) is 0 Å². The number of allylic oxidation sites excluding steroid dienone is 1. The summed E-state index contributed by atoms with van der Waals surface area (Å²) in [6.07, 6.45) is 0.110. The van der Waals surface area contributed by atoms with E-state index in [4.69, 9.17) is 5.11 Å². The first-order valence-electron chi connectivity index (χ1n) is 5.66. The summed E-state index contributed by atoms with van der Waals surface area (Å²) < 4.78 is 23.9. The molecule has 0 saturated heterocycles. The lowest BCUT2D eigenvalue weighted by atomic mass is 9.84. The molecule has 0 bridgehead atoms. The minimum atomic E-state index is -3.59. The van der Waals surface area contributed by atoms with Crippen molar-refractivity contribution in [3.05, 3.63) is 29.2 Å². The zero-order valence-corrected chi connectivity index (χ0v) is 11.4. The van der Waals surface area contributed by atoms with Crippen LogP contribution >= 0.6 is 0 Å². The Morgan fingerprint density at radius 3 is 2.53 bits per heavy atom. The molecule has 0 fully saturated rings. The molecule has 0 aliphatic carbocycles. The van der Waals surface area contributed by atoms with Crippen LogP contribution in [0.1, 0.15) is 25.8 Å². The van der Waals surface area contributed by atoms with Gasteiger partial charge in [-0.25, -0.2) is 8.42 Å². The number of fused-ring (bicyclic) bond motifs is 1. The first-order chi connectivity index (χ1) is 8.63. The number of benzene rings is 1. The molecule has 5 nitrogen and oxygen atoms in total. The number of rotatable bonds is 3. The second kappa shape index (κ2) is 4.09. The van der Waals surface area contributed by atoms with Crippen LogP contribution in [-0.2, 0) is 14.6 Å². The summed E-state index contributed by atoms with van der Waals surface area (Å²) in [5.74, 6) is -1.12. The molecule has 0 radical (unpaired) electrons. The Balaban J connectivity index is 2.50. The van der Waals surface area contributed by atoms with Crippen LogP contribution in [0, 0.1) is 5.41 Å². The molecule has 0 atom stereocenters. The van der Waals surface area contributed by atoms with Gasteiger partial charge in [0.25, 0.3) is 0 Å². The third-order valence-corrected chi connectivity index (χ3v) is 4.67. The highest BCUT2D eigenvalue weighted by Crippen LogP contribution is 2.41. The number of aliphatic carboxylic acids is 1. The molecule has 1 aliphatic heterocycles. The molecule has 1 aliphatic rings. The Morgan fingerprint density at radius 1 is 1.32 bits per heavy atom. The molecule has 19 heavy (non-hydrogen) atoms. The van der Waals surface area contributed by atoms with Crippen molar-refractivity contribution >= 4 is 21.4 Å². The molecule has 2 rings (SSSR count). The van der Waals surface area contributed by atoms with E-state index in [9.17, 15) is 18.3 Å². The molecule has 1 aromatic carbocycles. The van der Waals surface area contributed by atoms with E-state index in [1.165, 1.54) is 18.2 Å². The van der Waals surface area contributed by atoms with Gasteiger partial charge in [0.15, 0.2) is 0 Å². The van der Waals surface area contributed by atoms with Crippen LogP contribution in [0.3, 0.4) is 0 Å². The Bertz CT molecular complexity index is 683. The number of carbonyl (C=O) groups is 1. The van der Waals surface area contributed by atoms with Crippen molar-refractivity contribution in [2.75, 3.05) is 0 Å². The summed E-state index contributed by atoms with van der Waals surface area (Å²) in [4.78, 5) is 11.2. The summed E-state index contributed by atoms with van der Waals surface area (Å²) in [5.41, 5.74) is -0.129. The summed E-state index contributed by atoms with van der Waals surface area (Å²) >= 11 is 0. The number of aromatic hydroxyl groups is 1. The predicted molar refractivity (Wildman–Crippen MR) is 69.3 cm³/mol. The highest BCUT2D eigenvalue weighted by atomic mass is 32.2. The van der Waals surface area contributed by atoms with Crippen LogP contribution in [0.15, 0.2) is 28.5 Å². The molecule has 0 aromatic heterocycles. The van der Waals surface area contributed by atoms with Crippen LogP contribution < -0.4 is 0 Å². The third-order valence-electron chi connectivity index (χ3n) is 3.13. The fourth-order valence-corrected chi connectivity index (χ4v) is 3.52. The predicted octanol–water partition coefficient (Wildman–Crippen LogP) is 2.02. The van der Waals surface area contributed by atoms with E-state index in [1.807, 2.05) is 0 Å². The highest BCUT2D eigenvalue weighted by Gasteiger charge is 2.34. The van der Waals surface area contributed by atoms with Gasteiger partial charge in [0, 0.05) is 5.41 Å². The van der Waals surface area contributed by atoms with E-state index < -0.39 is 21.2 Å². The monoisotopic (exact) mass is 282 g/mol. The molecule has 1 heterocycles. The number of hydrogen-bond acceptors (Lipinski definition) is 4. The van der Waals surface area contributed by atoms with Crippen LogP contribution in [0.5, 0.6) is 5.75 Å². The summed E-state index contributed by atoms with van der Waals surface area (Å²) in [6, 6.07) is 4.07. The number of hydrogen-bond donors (Lipinski definition) is 2. The fourth-order valence-electron chi connectivity index (χ4n) is 2.01. The third kappa shape index (κ3) is 2.35. The average Bonchev–Trinajstić information content (AvgIpc) is 2.49. The minimum absolute atomic E-state index is 0.0312. The van der Waals surface area contributed by atoms with Gasteiger partial charge in [-0.2, -0.15) is 0 Å². The van der Waals surface area contributed by atoms with Crippen molar-refractivity contribution in [2.24, 2.45) is 5.41 Å². The van der Waals surface area contributed by atoms with Gasteiger partial charge in [-0.05, 0) is 49.6 Å². The number of sulfone groups is 1. The average molecular weight is 282 g/mol. The maximum Gasteiger partial charge on any atom is 0.309 e. The Morgan fingerprint density at radius 2 is 1.95 bits per heavy atom. The second-order valence-electron chi connectivity index (χ2n) is 5.23. The summed E-state index contributed by atoms with van der Waals surface area (Å²) in [5, 5.41) is 19.5. The minimum Gasteiger partial charge on any atom is -0.508 e. The molecule has 0 unspecified atom stereocenters. The topological polar surface area (TPSA) is 91.7 Å². The maximum atomic E-state index is 11.9. The number of phenols is 1. The molecule has 0 saturated carbocycles. The van der Waals surface area contributed by atoms with E-state index in [0.717, 1.165) is 5.41 Å². The van der Waals surface area contributed by atoms with Crippen molar-refractivity contribution in [1.29, 1.82) is 0 Å². The lowest BCUT2D eigenvalue weighted by Gasteiger charge is -2.19. The van der Waals surface area contributed by atoms with Gasteiger partial charge in [-0.1, -0.05) is 0 Å². The molecule has 6 heteroatoms. The molecular formula is C13H14O5S. The van der Waals surface area contributed by atoms with Gasteiger partial charge in [0.2, 0.25) is 9.84 Å². The van der Waals surface area contributed by atoms with Gasteiger partial charge in [0.05, 0.1) is 10.3 Å². The quantitative estimate of drug-likeness (QED) is 0.885.